The molecule has 1 aromatic carbocycles. The van der Waals surface area contributed by atoms with Crippen molar-refractivity contribution >= 4 is 5.91 Å². The Balaban J connectivity index is 2.67. The summed E-state index contributed by atoms with van der Waals surface area (Å²) in [7, 11) is 0. The zero-order valence-electron chi connectivity index (χ0n) is 10.8. The highest BCUT2D eigenvalue weighted by molar-refractivity contribution is 5.81. The van der Waals surface area contributed by atoms with Gasteiger partial charge in [-0.05, 0) is 51.0 Å². The topological polar surface area (TPSA) is 64.3 Å². The molecule has 4 nitrogen and oxygen atoms in total. The Bertz CT molecular complexity index is 414. The quantitative estimate of drug-likeness (QED) is 0.475. The Hall–Kier alpha value is -1.55. The van der Waals surface area contributed by atoms with Gasteiger partial charge in [-0.2, -0.15) is 0 Å². The summed E-state index contributed by atoms with van der Waals surface area (Å²) in [4.78, 5) is 11.5. The number of hydrazine groups is 1. The van der Waals surface area contributed by atoms with Gasteiger partial charge < -0.3 is 4.74 Å². The van der Waals surface area contributed by atoms with Crippen molar-refractivity contribution in [2.24, 2.45) is 11.3 Å². The lowest BCUT2D eigenvalue weighted by molar-refractivity contribution is -0.130. The van der Waals surface area contributed by atoms with Crippen LogP contribution in [0.15, 0.2) is 18.2 Å². The fourth-order valence-electron chi connectivity index (χ4n) is 1.33. The molecule has 0 bridgehead atoms. The fraction of sp³-hybridized carbons (Fsp3) is 0.462. The minimum Gasteiger partial charge on any atom is -0.492 e. The number of carbonyl (C=O) groups is 1. The van der Waals surface area contributed by atoms with Gasteiger partial charge in [-0.1, -0.05) is 6.07 Å². The van der Waals surface area contributed by atoms with Crippen molar-refractivity contribution in [3.63, 3.8) is 0 Å². The van der Waals surface area contributed by atoms with Gasteiger partial charge in [0.2, 0.25) is 5.91 Å². The van der Waals surface area contributed by atoms with E-state index in [-0.39, 0.29) is 5.91 Å². The average Bonchev–Trinajstić information content (AvgIpc) is 2.29. The van der Waals surface area contributed by atoms with Gasteiger partial charge in [0.15, 0.2) is 0 Å². The number of nitrogens with two attached hydrogens (primary N) is 1. The molecule has 0 heterocycles. The van der Waals surface area contributed by atoms with Gasteiger partial charge in [0.1, 0.15) is 12.4 Å². The molecule has 0 fully saturated rings. The van der Waals surface area contributed by atoms with Crippen LogP contribution in [-0.2, 0) is 4.79 Å². The van der Waals surface area contributed by atoms with E-state index in [9.17, 15) is 4.79 Å². The predicted molar refractivity (Wildman–Crippen MR) is 67.5 cm³/mol. The summed E-state index contributed by atoms with van der Waals surface area (Å²) in [5.41, 5.74) is 3.89. The predicted octanol–water partition coefficient (Wildman–Crippen LogP) is 1.70. The van der Waals surface area contributed by atoms with E-state index in [1.165, 1.54) is 11.1 Å². The number of carbonyl (C=O) groups excluding carboxylic acids is 1. The molecule has 4 heteroatoms. The Morgan fingerprint density at radius 2 is 2.00 bits per heavy atom. The Morgan fingerprint density at radius 1 is 1.35 bits per heavy atom. The van der Waals surface area contributed by atoms with E-state index in [4.69, 9.17) is 10.6 Å². The van der Waals surface area contributed by atoms with Crippen molar-refractivity contribution in [1.82, 2.24) is 5.43 Å². The van der Waals surface area contributed by atoms with Gasteiger partial charge in [0, 0.05) is 0 Å². The first-order valence-electron chi connectivity index (χ1n) is 5.58. The third-order valence-corrected chi connectivity index (χ3v) is 2.82. The van der Waals surface area contributed by atoms with Crippen LogP contribution in [-0.4, -0.2) is 12.5 Å². The van der Waals surface area contributed by atoms with Gasteiger partial charge in [-0.25, -0.2) is 5.84 Å². The highest BCUT2D eigenvalue weighted by Gasteiger charge is 2.27. The van der Waals surface area contributed by atoms with E-state index in [2.05, 4.69) is 5.43 Å². The maximum atomic E-state index is 11.5. The van der Waals surface area contributed by atoms with E-state index in [1.54, 1.807) is 13.8 Å². The minimum atomic E-state index is -0.645. The minimum absolute atomic E-state index is 0.235. The first kappa shape index (κ1) is 13.5. The highest BCUT2D eigenvalue weighted by Crippen LogP contribution is 2.21. The van der Waals surface area contributed by atoms with Gasteiger partial charge in [-0.15, -0.1) is 0 Å². The van der Waals surface area contributed by atoms with Gasteiger partial charge in [-0.3, -0.25) is 10.2 Å². The Morgan fingerprint density at radius 3 is 2.53 bits per heavy atom. The molecular formula is C13H20N2O2. The lowest BCUT2D eigenvalue weighted by atomic mass is 9.94. The zero-order chi connectivity index (χ0) is 13.1. The summed E-state index contributed by atoms with van der Waals surface area (Å²) in [6.45, 7) is 7.94. The zero-order valence-corrected chi connectivity index (χ0v) is 10.8. The maximum Gasteiger partial charge on any atom is 0.242 e. The van der Waals surface area contributed by atoms with Gasteiger partial charge >= 0.3 is 0 Å². The summed E-state index contributed by atoms with van der Waals surface area (Å²) >= 11 is 0. The summed E-state index contributed by atoms with van der Waals surface area (Å²) in [5, 5.41) is 0. The number of rotatable bonds is 4. The standard InChI is InChI=1S/C13H20N2O2/c1-9-5-6-11(7-10(9)2)17-8-13(3,4)12(16)15-14/h5-7H,8,14H2,1-4H3,(H,15,16). The molecule has 1 amide bonds. The molecule has 0 spiro atoms. The first-order valence-corrected chi connectivity index (χ1v) is 5.58. The summed E-state index contributed by atoms with van der Waals surface area (Å²) in [6, 6.07) is 5.87. The fourth-order valence-corrected chi connectivity index (χ4v) is 1.33. The van der Waals surface area contributed by atoms with E-state index < -0.39 is 5.41 Å². The second-order valence-corrected chi connectivity index (χ2v) is 4.89. The molecule has 94 valence electrons. The van der Waals surface area contributed by atoms with Crippen LogP contribution in [0.4, 0.5) is 0 Å². The molecule has 1 rings (SSSR count). The number of hydrogen-bond donors (Lipinski definition) is 2. The molecule has 0 saturated heterocycles. The molecule has 17 heavy (non-hydrogen) atoms. The van der Waals surface area contributed by atoms with Crippen molar-refractivity contribution in [2.45, 2.75) is 27.7 Å². The third-order valence-electron chi connectivity index (χ3n) is 2.82. The monoisotopic (exact) mass is 236 g/mol. The number of amides is 1. The molecule has 0 aliphatic rings. The van der Waals surface area contributed by atoms with E-state index in [0.29, 0.717) is 6.61 Å². The second-order valence-electron chi connectivity index (χ2n) is 4.89. The molecule has 0 aliphatic heterocycles. The Labute approximate surface area is 102 Å². The number of ether oxygens (including phenoxy) is 1. The van der Waals surface area contributed by atoms with E-state index >= 15 is 0 Å². The lowest BCUT2D eigenvalue weighted by Crippen LogP contribution is -2.44. The van der Waals surface area contributed by atoms with Gasteiger partial charge in [0.05, 0.1) is 5.41 Å². The van der Waals surface area contributed by atoms with Crippen LogP contribution in [0.5, 0.6) is 5.75 Å². The van der Waals surface area contributed by atoms with Crippen molar-refractivity contribution in [3.05, 3.63) is 29.3 Å². The molecule has 3 N–H and O–H groups in total. The van der Waals surface area contributed by atoms with Crippen LogP contribution in [0.2, 0.25) is 0 Å². The third kappa shape index (κ3) is 3.46. The van der Waals surface area contributed by atoms with Gasteiger partial charge in [0.25, 0.3) is 0 Å². The van der Waals surface area contributed by atoms with Crippen LogP contribution in [0.25, 0.3) is 0 Å². The summed E-state index contributed by atoms with van der Waals surface area (Å²) < 4.78 is 5.61. The summed E-state index contributed by atoms with van der Waals surface area (Å²) in [6.07, 6.45) is 0. The van der Waals surface area contributed by atoms with Crippen molar-refractivity contribution < 1.29 is 9.53 Å². The molecule has 1 aromatic rings. The number of benzene rings is 1. The van der Waals surface area contributed by atoms with Crippen LogP contribution in [0.1, 0.15) is 25.0 Å². The first-order chi connectivity index (χ1) is 7.86. The Kier molecular flexibility index (Phi) is 4.12. The van der Waals surface area contributed by atoms with Crippen LogP contribution >= 0.6 is 0 Å². The molecular weight excluding hydrogens is 216 g/mol. The summed E-state index contributed by atoms with van der Waals surface area (Å²) in [5.74, 6) is 5.65. The normalized spacial score (nSPS) is 11.1. The highest BCUT2D eigenvalue weighted by atomic mass is 16.5. The van der Waals surface area contributed by atoms with Crippen LogP contribution < -0.4 is 16.0 Å². The number of hydrogen-bond acceptors (Lipinski definition) is 3. The van der Waals surface area contributed by atoms with E-state index in [1.807, 2.05) is 32.0 Å². The van der Waals surface area contributed by atoms with Crippen LogP contribution in [0.3, 0.4) is 0 Å². The molecule has 0 atom stereocenters. The smallest absolute Gasteiger partial charge is 0.242 e. The van der Waals surface area contributed by atoms with Crippen molar-refractivity contribution in [3.8, 4) is 5.75 Å². The van der Waals surface area contributed by atoms with Crippen molar-refractivity contribution in [1.29, 1.82) is 0 Å². The molecule has 0 radical (unpaired) electrons. The SMILES string of the molecule is Cc1ccc(OCC(C)(C)C(=O)NN)cc1C. The molecule has 0 aliphatic carbocycles. The van der Waals surface area contributed by atoms with E-state index in [0.717, 1.165) is 5.75 Å². The number of nitrogens with one attached hydrogen (secondary N) is 1. The van der Waals surface area contributed by atoms with Crippen molar-refractivity contribution in [2.75, 3.05) is 6.61 Å². The average molecular weight is 236 g/mol. The second kappa shape index (κ2) is 5.19. The molecule has 0 saturated carbocycles. The van der Waals surface area contributed by atoms with Crippen LogP contribution in [0, 0.1) is 19.3 Å². The molecule has 0 unspecified atom stereocenters. The maximum absolute atomic E-state index is 11.5. The number of aryl methyl sites for hydroxylation is 2. The molecule has 0 aromatic heterocycles. The largest absolute Gasteiger partial charge is 0.492 e. The lowest BCUT2D eigenvalue weighted by Gasteiger charge is -2.22.